The van der Waals surface area contributed by atoms with Crippen molar-refractivity contribution in [3.63, 3.8) is 0 Å². The van der Waals surface area contributed by atoms with E-state index in [4.69, 9.17) is 4.74 Å². The van der Waals surface area contributed by atoms with Crippen LogP contribution in [-0.2, 0) is 23.9 Å². The van der Waals surface area contributed by atoms with Gasteiger partial charge in [0, 0.05) is 13.3 Å². The number of esters is 1. The Morgan fingerprint density at radius 2 is 1.89 bits per heavy atom. The Kier molecular flexibility index (Phi) is 4.59. The maximum atomic E-state index is 13.3. The van der Waals surface area contributed by atoms with Gasteiger partial charge in [-0.25, -0.2) is 14.7 Å². The molecule has 0 N–H and O–H groups in total. The van der Waals surface area contributed by atoms with Gasteiger partial charge in [-0.1, -0.05) is 6.07 Å². The first kappa shape index (κ1) is 18.8. The Balaban J connectivity index is 2.00. The van der Waals surface area contributed by atoms with Gasteiger partial charge >= 0.3 is 5.97 Å². The SMILES string of the molecule is CCOC(=O)C1=NN(C(C)=O)[C@@]2(CC(=O)N(c3ccc(C)c(C)c3)C2=O)C1. The predicted octanol–water partition coefficient (Wildman–Crippen LogP) is 1.48. The van der Waals surface area contributed by atoms with Crippen molar-refractivity contribution in [1.29, 1.82) is 0 Å². The largest absolute Gasteiger partial charge is 0.461 e. The minimum Gasteiger partial charge on any atom is -0.461 e. The van der Waals surface area contributed by atoms with Crippen molar-refractivity contribution in [3.05, 3.63) is 29.3 Å². The minimum absolute atomic E-state index is 0.0323. The van der Waals surface area contributed by atoms with Crippen LogP contribution >= 0.6 is 0 Å². The van der Waals surface area contributed by atoms with Crippen molar-refractivity contribution < 1.29 is 23.9 Å². The van der Waals surface area contributed by atoms with E-state index < -0.39 is 29.2 Å². The number of carbonyl (C=O) groups is 4. The molecule has 1 aromatic rings. The van der Waals surface area contributed by atoms with Crippen LogP contribution in [0.3, 0.4) is 0 Å². The van der Waals surface area contributed by atoms with Gasteiger partial charge in [-0.15, -0.1) is 0 Å². The van der Waals surface area contributed by atoms with Gasteiger partial charge in [0.05, 0.1) is 18.7 Å². The number of ether oxygens (including phenoxy) is 1. The summed E-state index contributed by atoms with van der Waals surface area (Å²) in [5.41, 5.74) is 0.872. The number of hydrogen-bond acceptors (Lipinski definition) is 6. The zero-order valence-corrected chi connectivity index (χ0v) is 15.7. The summed E-state index contributed by atoms with van der Waals surface area (Å²) in [6.07, 6.45) is -0.373. The lowest BCUT2D eigenvalue weighted by molar-refractivity contribution is -0.141. The van der Waals surface area contributed by atoms with Crippen LogP contribution in [0.15, 0.2) is 23.3 Å². The van der Waals surface area contributed by atoms with Crippen LogP contribution in [-0.4, -0.2) is 46.6 Å². The summed E-state index contributed by atoms with van der Waals surface area (Å²) in [6, 6.07) is 5.27. The summed E-state index contributed by atoms with van der Waals surface area (Å²) in [5, 5.41) is 4.97. The molecule has 0 bridgehead atoms. The first-order chi connectivity index (χ1) is 12.7. The maximum Gasteiger partial charge on any atom is 0.354 e. The number of nitrogens with zero attached hydrogens (tertiary/aromatic N) is 3. The Bertz CT molecular complexity index is 891. The molecule has 8 nitrogen and oxygen atoms in total. The molecule has 142 valence electrons. The van der Waals surface area contributed by atoms with E-state index in [1.54, 1.807) is 19.1 Å². The number of carbonyl (C=O) groups excluding carboxylic acids is 4. The summed E-state index contributed by atoms with van der Waals surface area (Å²) in [6.45, 7) is 6.86. The van der Waals surface area contributed by atoms with E-state index in [0.717, 1.165) is 21.0 Å². The summed E-state index contributed by atoms with van der Waals surface area (Å²) in [5.74, 6) is -2.20. The normalized spacial score (nSPS) is 21.9. The van der Waals surface area contributed by atoms with Crippen LogP contribution in [0.25, 0.3) is 0 Å². The molecule has 1 atom stereocenters. The van der Waals surface area contributed by atoms with Gasteiger partial charge in [-0.2, -0.15) is 5.10 Å². The molecule has 1 fully saturated rings. The van der Waals surface area contributed by atoms with Gasteiger partial charge in [0.15, 0.2) is 5.54 Å². The molecule has 0 aromatic heterocycles. The molecule has 2 aliphatic heterocycles. The highest BCUT2D eigenvalue weighted by Crippen LogP contribution is 2.40. The Labute approximate surface area is 156 Å². The van der Waals surface area contributed by atoms with E-state index in [2.05, 4.69) is 5.10 Å². The quantitative estimate of drug-likeness (QED) is 0.592. The molecule has 27 heavy (non-hydrogen) atoms. The highest BCUT2D eigenvalue weighted by Gasteiger charge is 2.61. The fraction of sp³-hybridized carbons (Fsp3) is 0.421. The summed E-state index contributed by atoms with van der Waals surface area (Å²) >= 11 is 0. The van der Waals surface area contributed by atoms with E-state index >= 15 is 0 Å². The second-order valence-corrected chi connectivity index (χ2v) is 6.79. The average Bonchev–Trinajstić information content (AvgIpc) is 3.10. The Morgan fingerprint density at radius 3 is 2.48 bits per heavy atom. The topological polar surface area (TPSA) is 96.3 Å². The number of rotatable bonds is 3. The third-order valence-electron chi connectivity index (χ3n) is 4.94. The molecule has 0 saturated carbocycles. The number of hydrazone groups is 1. The lowest BCUT2D eigenvalue weighted by Gasteiger charge is -2.29. The zero-order valence-electron chi connectivity index (χ0n) is 15.7. The van der Waals surface area contributed by atoms with Crippen LogP contribution in [0.4, 0.5) is 5.69 Å². The van der Waals surface area contributed by atoms with E-state index in [1.807, 2.05) is 19.9 Å². The van der Waals surface area contributed by atoms with Crippen LogP contribution in [0.2, 0.25) is 0 Å². The lowest BCUT2D eigenvalue weighted by atomic mass is 9.91. The number of benzene rings is 1. The molecule has 2 aliphatic rings. The smallest absolute Gasteiger partial charge is 0.354 e. The van der Waals surface area contributed by atoms with Crippen LogP contribution < -0.4 is 4.90 Å². The van der Waals surface area contributed by atoms with Crippen molar-refractivity contribution in [3.8, 4) is 0 Å². The number of imide groups is 1. The summed E-state index contributed by atoms with van der Waals surface area (Å²) in [4.78, 5) is 51.2. The standard InChI is InChI=1S/C19H21N3O5/c1-5-27-17(25)15-9-19(22(20-15)13(4)23)10-16(24)21(18(19)26)14-7-6-11(2)12(3)8-14/h6-8H,5,9-10H2,1-4H3/t19-/m1/s1. The zero-order chi connectivity index (χ0) is 19.9. The van der Waals surface area contributed by atoms with E-state index in [1.165, 1.54) is 6.92 Å². The maximum absolute atomic E-state index is 13.3. The van der Waals surface area contributed by atoms with E-state index in [0.29, 0.717) is 5.69 Å². The van der Waals surface area contributed by atoms with Gasteiger partial charge < -0.3 is 4.74 Å². The predicted molar refractivity (Wildman–Crippen MR) is 97.0 cm³/mol. The third kappa shape index (κ3) is 2.90. The third-order valence-corrected chi connectivity index (χ3v) is 4.94. The molecular weight excluding hydrogens is 350 g/mol. The number of amides is 3. The molecule has 0 aliphatic carbocycles. The van der Waals surface area contributed by atoms with Crippen LogP contribution in [0.1, 0.15) is 37.8 Å². The van der Waals surface area contributed by atoms with Crippen molar-refractivity contribution >= 4 is 35.1 Å². The van der Waals surface area contributed by atoms with Crippen molar-refractivity contribution in [1.82, 2.24) is 5.01 Å². The first-order valence-corrected chi connectivity index (χ1v) is 8.71. The number of anilines is 1. The Morgan fingerprint density at radius 1 is 1.19 bits per heavy atom. The Hall–Kier alpha value is -3.03. The fourth-order valence-corrected chi connectivity index (χ4v) is 3.46. The second kappa shape index (κ2) is 6.61. The van der Waals surface area contributed by atoms with E-state index in [9.17, 15) is 19.2 Å². The van der Waals surface area contributed by atoms with Gasteiger partial charge in [0.2, 0.25) is 11.8 Å². The fourth-order valence-electron chi connectivity index (χ4n) is 3.46. The lowest BCUT2D eigenvalue weighted by Crippen LogP contribution is -2.51. The van der Waals surface area contributed by atoms with Crippen LogP contribution in [0, 0.1) is 13.8 Å². The molecule has 1 aromatic carbocycles. The van der Waals surface area contributed by atoms with Gasteiger partial charge in [0.25, 0.3) is 5.91 Å². The number of aryl methyl sites for hydroxylation is 2. The summed E-state index contributed by atoms with van der Waals surface area (Å²) < 4.78 is 4.94. The van der Waals surface area contributed by atoms with Gasteiger partial charge in [-0.05, 0) is 44.0 Å². The first-order valence-electron chi connectivity index (χ1n) is 8.71. The molecule has 3 rings (SSSR count). The van der Waals surface area contributed by atoms with Crippen molar-refractivity contribution in [2.75, 3.05) is 11.5 Å². The molecule has 1 spiro atoms. The highest BCUT2D eigenvalue weighted by molar-refractivity contribution is 6.39. The van der Waals surface area contributed by atoms with E-state index in [-0.39, 0.29) is 25.2 Å². The summed E-state index contributed by atoms with van der Waals surface area (Å²) in [7, 11) is 0. The molecule has 2 heterocycles. The molecular formula is C19H21N3O5. The average molecular weight is 371 g/mol. The molecule has 8 heteroatoms. The van der Waals surface area contributed by atoms with Gasteiger partial charge in [0.1, 0.15) is 5.71 Å². The minimum atomic E-state index is -1.51. The molecule has 3 amide bonds. The molecule has 0 unspecified atom stereocenters. The highest BCUT2D eigenvalue weighted by atomic mass is 16.5. The molecule has 1 saturated heterocycles. The molecule has 0 radical (unpaired) electrons. The van der Waals surface area contributed by atoms with Crippen LogP contribution in [0.5, 0.6) is 0 Å². The van der Waals surface area contributed by atoms with Crippen molar-refractivity contribution in [2.24, 2.45) is 5.10 Å². The van der Waals surface area contributed by atoms with Crippen molar-refractivity contribution in [2.45, 2.75) is 46.1 Å². The monoisotopic (exact) mass is 371 g/mol. The second-order valence-electron chi connectivity index (χ2n) is 6.79. The number of hydrogen-bond donors (Lipinski definition) is 0. The van der Waals surface area contributed by atoms with Gasteiger partial charge in [-0.3, -0.25) is 14.4 Å².